The number of hydrogen-bond donors (Lipinski definition) is 2. The standard InChI is InChI=1S/C11H16ClNO.ClH/c1-8(2)6-13-7-9-5-10(12)3-4-11(9)14;/h3-5,8,13-14H,6-7H2,1-2H3;1H. The SMILES string of the molecule is CC(C)CNCc1cc(Cl)ccc1O.Cl. The van der Waals surface area contributed by atoms with Crippen molar-refractivity contribution in [3.63, 3.8) is 0 Å². The first-order chi connectivity index (χ1) is 6.59. The molecule has 0 aliphatic rings. The second-order valence-electron chi connectivity index (χ2n) is 3.80. The minimum Gasteiger partial charge on any atom is -0.508 e. The van der Waals surface area contributed by atoms with Crippen molar-refractivity contribution in [3.8, 4) is 5.75 Å². The summed E-state index contributed by atoms with van der Waals surface area (Å²) in [6.45, 7) is 5.88. The second kappa shape index (κ2) is 6.94. The second-order valence-corrected chi connectivity index (χ2v) is 4.23. The lowest BCUT2D eigenvalue weighted by atomic mass is 10.2. The fourth-order valence-corrected chi connectivity index (χ4v) is 1.39. The summed E-state index contributed by atoms with van der Waals surface area (Å²) in [5.41, 5.74) is 0.846. The van der Waals surface area contributed by atoms with Gasteiger partial charge < -0.3 is 10.4 Å². The van der Waals surface area contributed by atoms with Crippen LogP contribution in [0.1, 0.15) is 19.4 Å². The molecule has 0 saturated heterocycles. The Bertz CT molecular complexity index is 303. The summed E-state index contributed by atoms with van der Waals surface area (Å²) in [6.07, 6.45) is 0. The summed E-state index contributed by atoms with van der Waals surface area (Å²) >= 11 is 5.82. The predicted molar refractivity (Wildman–Crippen MR) is 66.9 cm³/mol. The fourth-order valence-electron chi connectivity index (χ4n) is 1.19. The van der Waals surface area contributed by atoms with Crippen LogP contribution in [0.2, 0.25) is 5.02 Å². The number of hydrogen-bond acceptors (Lipinski definition) is 2. The Kier molecular flexibility index (Phi) is 6.73. The van der Waals surface area contributed by atoms with E-state index in [-0.39, 0.29) is 12.4 Å². The van der Waals surface area contributed by atoms with E-state index in [4.69, 9.17) is 11.6 Å². The van der Waals surface area contributed by atoms with Gasteiger partial charge in [-0.15, -0.1) is 12.4 Å². The molecule has 1 aromatic rings. The molecular formula is C11H17Cl2NO. The summed E-state index contributed by atoms with van der Waals surface area (Å²) in [5.74, 6) is 0.905. The zero-order valence-corrected chi connectivity index (χ0v) is 10.5. The number of phenols is 1. The van der Waals surface area contributed by atoms with Crippen LogP contribution in [0, 0.1) is 5.92 Å². The molecule has 0 heterocycles. The highest BCUT2D eigenvalue weighted by atomic mass is 35.5. The van der Waals surface area contributed by atoms with Gasteiger partial charge in [-0.1, -0.05) is 25.4 Å². The Labute approximate surface area is 102 Å². The van der Waals surface area contributed by atoms with Gasteiger partial charge in [0.2, 0.25) is 0 Å². The first-order valence-corrected chi connectivity index (χ1v) is 5.15. The van der Waals surface area contributed by atoms with Crippen LogP contribution >= 0.6 is 24.0 Å². The van der Waals surface area contributed by atoms with Crippen molar-refractivity contribution >= 4 is 24.0 Å². The van der Waals surface area contributed by atoms with Crippen LogP contribution in [0.25, 0.3) is 0 Å². The summed E-state index contributed by atoms with van der Waals surface area (Å²) in [4.78, 5) is 0. The third kappa shape index (κ3) is 5.26. The van der Waals surface area contributed by atoms with Gasteiger partial charge in [0.15, 0.2) is 0 Å². The van der Waals surface area contributed by atoms with Crippen LogP contribution in [0.4, 0.5) is 0 Å². The molecule has 1 aromatic carbocycles. The molecule has 0 bridgehead atoms. The van der Waals surface area contributed by atoms with Crippen molar-refractivity contribution in [1.82, 2.24) is 5.32 Å². The van der Waals surface area contributed by atoms with E-state index < -0.39 is 0 Å². The lowest BCUT2D eigenvalue weighted by Gasteiger charge is -2.08. The van der Waals surface area contributed by atoms with Crippen molar-refractivity contribution in [2.24, 2.45) is 5.92 Å². The average molecular weight is 250 g/mol. The van der Waals surface area contributed by atoms with Gasteiger partial charge >= 0.3 is 0 Å². The lowest BCUT2D eigenvalue weighted by molar-refractivity contribution is 0.461. The van der Waals surface area contributed by atoms with Crippen LogP contribution in [0.5, 0.6) is 5.75 Å². The Hall–Kier alpha value is -0.440. The van der Waals surface area contributed by atoms with Gasteiger partial charge in [-0.05, 0) is 30.7 Å². The number of benzene rings is 1. The summed E-state index contributed by atoms with van der Waals surface area (Å²) < 4.78 is 0. The number of aromatic hydroxyl groups is 1. The minimum absolute atomic E-state index is 0. The topological polar surface area (TPSA) is 32.3 Å². The zero-order valence-electron chi connectivity index (χ0n) is 8.96. The van der Waals surface area contributed by atoms with Gasteiger partial charge in [-0.25, -0.2) is 0 Å². The molecule has 0 aromatic heterocycles. The molecular weight excluding hydrogens is 233 g/mol. The Morgan fingerprint density at radius 3 is 2.67 bits per heavy atom. The Balaban J connectivity index is 0.00000196. The molecule has 0 aliphatic heterocycles. The van der Waals surface area contributed by atoms with Gasteiger partial charge in [-0.2, -0.15) is 0 Å². The molecule has 0 atom stereocenters. The third-order valence-corrected chi connectivity index (χ3v) is 2.14. The van der Waals surface area contributed by atoms with Crippen LogP contribution in [-0.4, -0.2) is 11.7 Å². The van der Waals surface area contributed by atoms with E-state index >= 15 is 0 Å². The lowest BCUT2D eigenvalue weighted by Crippen LogP contribution is -2.18. The maximum absolute atomic E-state index is 9.50. The quantitative estimate of drug-likeness (QED) is 0.859. The average Bonchev–Trinajstić information content (AvgIpc) is 2.10. The van der Waals surface area contributed by atoms with Crippen molar-refractivity contribution in [1.29, 1.82) is 0 Å². The molecule has 0 aliphatic carbocycles. The molecule has 0 amide bonds. The maximum atomic E-state index is 9.50. The van der Waals surface area contributed by atoms with Gasteiger partial charge in [-0.3, -0.25) is 0 Å². The number of rotatable bonds is 4. The maximum Gasteiger partial charge on any atom is 0.120 e. The van der Waals surface area contributed by atoms with E-state index in [0.717, 1.165) is 12.1 Å². The molecule has 2 nitrogen and oxygen atoms in total. The third-order valence-electron chi connectivity index (χ3n) is 1.91. The number of phenolic OH excluding ortho intramolecular Hbond substituents is 1. The largest absolute Gasteiger partial charge is 0.508 e. The van der Waals surface area contributed by atoms with Gasteiger partial charge in [0.05, 0.1) is 0 Å². The van der Waals surface area contributed by atoms with Crippen molar-refractivity contribution in [2.45, 2.75) is 20.4 Å². The monoisotopic (exact) mass is 249 g/mol. The summed E-state index contributed by atoms with van der Waals surface area (Å²) in [6, 6.07) is 5.09. The normalized spacial score (nSPS) is 10.1. The van der Waals surface area contributed by atoms with Gasteiger partial charge in [0.25, 0.3) is 0 Å². The Morgan fingerprint density at radius 1 is 1.40 bits per heavy atom. The van der Waals surface area contributed by atoms with Crippen molar-refractivity contribution in [3.05, 3.63) is 28.8 Å². The molecule has 86 valence electrons. The summed E-state index contributed by atoms with van der Waals surface area (Å²) in [5, 5.41) is 13.4. The molecule has 0 unspecified atom stereocenters. The molecule has 2 N–H and O–H groups in total. The van der Waals surface area contributed by atoms with E-state index in [9.17, 15) is 5.11 Å². The summed E-state index contributed by atoms with van der Waals surface area (Å²) in [7, 11) is 0. The molecule has 0 radical (unpaired) electrons. The first-order valence-electron chi connectivity index (χ1n) is 4.77. The van der Waals surface area contributed by atoms with Gasteiger partial charge in [0.1, 0.15) is 5.75 Å². The molecule has 15 heavy (non-hydrogen) atoms. The van der Waals surface area contributed by atoms with E-state index in [1.54, 1.807) is 18.2 Å². The van der Waals surface area contributed by atoms with Gasteiger partial charge in [0, 0.05) is 17.1 Å². The van der Waals surface area contributed by atoms with Crippen LogP contribution in [0.15, 0.2) is 18.2 Å². The van der Waals surface area contributed by atoms with E-state index in [1.807, 2.05) is 0 Å². The Morgan fingerprint density at radius 2 is 2.07 bits per heavy atom. The smallest absolute Gasteiger partial charge is 0.120 e. The van der Waals surface area contributed by atoms with Crippen molar-refractivity contribution < 1.29 is 5.11 Å². The molecule has 0 spiro atoms. The zero-order chi connectivity index (χ0) is 10.6. The highest BCUT2D eigenvalue weighted by Crippen LogP contribution is 2.20. The molecule has 0 saturated carbocycles. The highest BCUT2D eigenvalue weighted by molar-refractivity contribution is 6.30. The van der Waals surface area contributed by atoms with Crippen LogP contribution in [-0.2, 0) is 6.54 Å². The fraction of sp³-hybridized carbons (Fsp3) is 0.455. The van der Waals surface area contributed by atoms with Crippen LogP contribution in [0.3, 0.4) is 0 Å². The first kappa shape index (κ1) is 14.6. The molecule has 0 fully saturated rings. The number of nitrogens with one attached hydrogen (secondary N) is 1. The minimum atomic E-state index is 0. The molecule has 1 rings (SSSR count). The molecule has 4 heteroatoms. The predicted octanol–water partition coefficient (Wildman–Crippen LogP) is 3.21. The van der Waals surface area contributed by atoms with Crippen LogP contribution < -0.4 is 5.32 Å². The van der Waals surface area contributed by atoms with E-state index in [2.05, 4.69) is 19.2 Å². The number of halogens is 2. The highest BCUT2D eigenvalue weighted by Gasteiger charge is 2.01. The van der Waals surface area contributed by atoms with Crippen molar-refractivity contribution in [2.75, 3.05) is 6.54 Å². The van der Waals surface area contributed by atoms with E-state index in [1.165, 1.54) is 0 Å². The van der Waals surface area contributed by atoms with E-state index in [0.29, 0.717) is 23.2 Å².